The zero-order valence-electron chi connectivity index (χ0n) is 11.4. The first-order valence-corrected chi connectivity index (χ1v) is 6.31. The van der Waals surface area contributed by atoms with Gasteiger partial charge in [0.05, 0.1) is 6.10 Å². The number of aryl methyl sites for hydroxylation is 1. The number of benzene rings is 1. The number of carbonyl (C=O) groups excluding carboxylic acids is 1. The largest absolute Gasteiger partial charge is 0.491 e. The molecule has 1 heterocycles. The van der Waals surface area contributed by atoms with Crippen LogP contribution in [-0.4, -0.2) is 16.9 Å². The molecule has 1 aromatic carbocycles. The topological polar surface area (TPSA) is 39.2 Å². The summed E-state index contributed by atoms with van der Waals surface area (Å²) in [7, 11) is 0. The van der Waals surface area contributed by atoms with E-state index in [0.29, 0.717) is 11.1 Å². The highest BCUT2D eigenvalue weighted by atomic mass is 16.5. The monoisotopic (exact) mass is 255 g/mol. The molecule has 0 spiro atoms. The summed E-state index contributed by atoms with van der Waals surface area (Å²) in [6.07, 6.45) is 1.81. The lowest BCUT2D eigenvalue weighted by Crippen LogP contribution is -2.07. The number of hydrogen-bond acceptors (Lipinski definition) is 3. The van der Waals surface area contributed by atoms with E-state index in [1.165, 1.54) is 0 Å². The van der Waals surface area contributed by atoms with Gasteiger partial charge in [0.1, 0.15) is 5.75 Å². The maximum atomic E-state index is 12.3. The first-order chi connectivity index (χ1) is 9.08. The number of pyridine rings is 1. The molecule has 0 bridgehead atoms. The molecular formula is C16H17NO2. The number of carbonyl (C=O) groups is 1. The maximum Gasteiger partial charge on any atom is 0.194 e. The van der Waals surface area contributed by atoms with Gasteiger partial charge in [-0.05, 0) is 57.2 Å². The average molecular weight is 255 g/mol. The van der Waals surface area contributed by atoms with Crippen LogP contribution in [0.3, 0.4) is 0 Å². The summed E-state index contributed by atoms with van der Waals surface area (Å²) in [6.45, 7) is 5.78. The minimum absolute atomic E-state index is 0.0123. The zero-order chi connectivity index (χ0) is 13.8. The molecule has 0 aliphatic rings. The van der Waals surface area contributed by atoms with Gasteiger partial charge in [-0.25, -0.2) is 0 Å². The minimum Gasteiger partial charge on any atom is -0.491 e. The van der Waals surface area contributed by atoms with Crippen molar-refractivity contribution in [2.45, 2.75) is 26.9 Å². The standard InChI is InChI=1S/C16H17NO2/c1-11(2)19-14-8-6-13(7-9-14)16(18)15-5-4-10-17-12(15)3/h4-11H,1-3H3. The molecule has 0 aliphatic heterocycles. The van der Waals surface area contributed by atoms with Crippen LogP contribution in [0.2, 0.25) is 0 Å². The van der Waals surface area contributed by atoms with Crippen molar-refractivity contribution in [2.24, 2.45) is 0 Å². The lowest BCUT2D eigenvalue weighted by molar-refractivity contribution is 0.103. The van der Waals surface area contributed by atoms with Crippen LogP contribution in [0, 0.1) is 6.92 Å². The van der Waals surface area contributed by atoms with Gasteiger partial charge in [0.15, 0.2) is 5.78 Å². The van der Waals surface area contributed by atoms with Crippen molar-refractivity contribution >= 4 is 5.78 Å². The highest BCUT2D eigenvalue weighted by molar-refractivity contribution is 6.09. The van der Waals surface area contributed by atoms with Gasteiger partial charge in [0, 0.05) is 23.0 Å². The van der Waals surface area contributed by atoms with Gasteiger partial charge >= 0.3 is 0 Å². The van der Waals surface area contributed by atoms with Crippen LogP contribution in [0.4, 0.5) is 0 Å². The van der Waals surface area contributed by atoms with Gasteiger partial charge in [-0.15, -0.1) is 0 Å². The lowest BCUT2D eigenvalue weighted by Gasteiger charge is -2.10. The first-order valence-electron chi connectivity index (χ1n) is 6.31. The Hall–Kier alpha value is -2.16. The fraction of sp³-hybridized carbons (Fsp3) is 0.250. The molecular weight excluding hydrogens is 238 g/mol. The number of ether oxygens (including phenoxy) is 1. The maximum absolute atomic E-state index is 12.3. The molecule has 0 radical (unpaired) electrons. The van der Waals surface area contributed by atoms with Crippen molar-refractivity contribution in [2.75, 3.05) is 0 Å². The van der Waals surface area contributed by atoms with Crippen LogP contribution in [-0.2, 0) is 0 Å². The zero-order valence-corrected chi connectivity index (χ0v) is 11.4. The van der Waals surface area contributed by atoms with E-state index in [1.54, 1.807) is 30.5 Å². The van der Waals surface area contributed by atoms with Gasteiger partial charge in [-0.3, -0.25) is 9.78 Å². The average Bonchev–Trinajstić information content (AvgIpc) is 2.39. The Morgan fingerprint density at radius 3 is 2.42 bits per heavy atom. The second-order valence-electron chi connectivity index (χ2n) is 4.66. The minimum atomic E-state index is -0.0123. The van der Waals surface area contributed by atoms with Crippen LogP contribution in [0.5, 0.6) is 5.75 Å². The Morgan fingerprint density at radius 2 is 1.84 bits per heavy atom. The molecule has 0 N–H and O–H groups in total. The van der Waals surface area contributed by atoms with Crippen LogP contribution >= 0.6 is 0 Å². The highest BCUT2D eigenvalue weighted by Gasteiger charge is 2.12. The van der Waals surface area contributed by atoms with E-state index >= 15 is 0 Å². The lowest BCUT2D eigenvalue weighted by atomic mass is 10.0. The number of rotatable bonds is 4. The molecule has 0 atom stereocenters. The van der Waals surface area contributed by atoms with Crippen LogP contribution < -0.4 is 4.74 Å². The molecule has 0 aliphatic carbocycles. The van der Waals surface area contributed by atoms with E-state index in [4.69, 9.17) is 4.74 Å². The Balaban J connectivity index is 2.23. The Labute approximate surface area is 113 Å². The molecule has 0 unspecified atom stereocenters. The fourth-order valence-corrected chi connectivity index (χ4v) is 1.84. The molecule has 0 saturated carbocycles. The summed E-state index contributed by atoms with van der Waals surface area (Å²) in [5.74, 6) is 0.760. The molecule has 1 aromatic heterocycles. The summed E-state index contributed by atoms with van der Waals surface area (Å²) in [5, 5.41) is 0. The predicted octanol–water partition coefficient (Wildman–Crippen LogP) is 3.41. The molecule has 2 rings (SSSR count). The van der Waals surface area contributed by atoms with Gasteiger partial charge in [-0.1, -0.05) is 0 Å². The van der Waals surface area contributed by atoms with E-state index in [9.17, 15) is 4.79 Å². The van der Waals surface area contributed by atoms with E-state index < -0.39 is 0 Å². The van der Waals surface area contributed by atoms with Crippen molar-refractivity contribution in [3.05, 3.63) is 59.4 Å². The van der Waals surface area contributed by atoms with Gasteiger partial charge in [-0.2, -0.15) is 0 Å². The second kappa shape index (κ2) is 5.65. The van der Waals surface area contributed by atoms with Crippen molar-refractivity contribution in [1.82, 2.24) is 4.98 Å². The van der Waals surface area contributed by atoms with Gasteiger partial charge < -0.3 is 4.74 Å². The predicted molar refractivity (Wildman–Crippen MR) is 74.6 cm³/mol. The summed E-state index contributed by atoms with van der Waals surface area (Å²) in [4.78, 5) is 16.5. The third-order valence-electron chi connectivity index (χ3n) is 2.74. The molecule has 98 valence electrons. The molecule has 0 amide bonds. The smallest absolute Gasteiger partial charge is 0.194 e. The summed E-state index contributed by atoms with van der Waals surface area (Å²) < 4.78 is 5.55. The van der Waals surface area contributed by atoms with Gasteiger partial charge in [0.2, 0.25) is 0 Å². The molecule has 19 heavy (non-hydrogen) atoms. The van der Waals surface area contributed by atoms with Crippen LogP contribution in [0.1, 0.15) is 35.5 Å². The Morgan fingerprint density at radius 1 is 1.16 bits per heavy atom. The van der Waals surface area contributed by atoms with E-state index in [-0.39, 0.29) is 11.9 Å². The van der Waals surface area contributed by atoms with E-state index in [0.717, 1.165) is 11.4 Å². The van der Waals surface area contributed by atoms with Crippen molar-refractivity contribution in [1.29, 1.82) is 0 Å². The quantitative estimate of drug-likeness (QED) is 0.786. The third-order valence-corrected chi connectivity index (χ3v) is 2.74. The van der Waals surface area contributed by atoms with E-state index in [1.807, 2.05) is 32.9 Å². The molecule has 3 heteroatoms. The fourth-order valence-electron chi connectivity index (χ4n) is 1.84. The van der Waals surface area contributed by atoms with Gasteiger partial charge in [0.25, 0.3) is 0 Å². The Bertz CT molecular complexity index is 574. The summed E-state index contributed by atoms with van der Waals surface area (Å²) >= 11 is 0. The summed E-state index contributed by atoms with van der Waals surface area (Å²) in [5.41, 5.74) is 2.03. The van der Waals surface area contributed by atoms with Crippen molar-refractivity contribution < 1.29 is 9.53 Å². The molecule has 3 nitrogen and oxygen atoms in total. The van der Waals surface area contributed by atoms with E-state index in [2.05, 4.69) is 4.98 Å². The molecule has 2 aromatic rings. The number of aromatic nitrogens is 1. The van der Waals surface area contributed by atoms with Crippen molar-refractivity contribution in [3.8, 4) is 5.75 Å². The molecule has 0 saturated heterocycles. The van der Waals surface area contributed by atoms with Crippen LogP contribution in [0.25, 0.3) is 0 Å². The SMILES string of the molecule is Cc1ncccc1C(=O)c1ccc(OC(C)C)cc1. The molecule has 0 fully saturated rings. The van der Waals surface area contributed by atoms with Crippen LogP contribution in [0.15, 0.2) is 42.6 Å². The first kappa shape index (κ1) is 13.3. The Kier molecular flexibility index (Phi) is 3.95. The second-order valence-corrected chi connectivity index (χ2v) is 4.66. The third kappa shape index (κ3) is 3.19. The van der Waals surface area contributed by atoms with Crippen molar-refractivity contribution in [3.63, 3.8) is 0 Å². The number of hydrogen-bond donors (Lipinski definition) is 0. The normalized spacial score (nSPS) is 10.5. The number of ketones is 1. The highest BCUT2D eigenvalue weighted by Crippen LogP contribution is 2.17. The summed E-state index contributed by atoms with van der Waals surface area (Å²) in [6, 6.07) is 10.8. The number of nitrogens with zero attached hydrogens (tertiary/aromatic N) is 1.